The third-order valence-corrected chi connectivity index (χ3v) is 5.41. The number of nitrogen functional groups attached to an aromatic ring is 1. The van der Waals surface area contributed by atoms with E-state index in [2.05, 4.69) is 5.32 Å². The summed E-state index contributed by atoms with van der Waals surface area (Å²) in [6, 6.07) is -0.103. The average Bonchev–Trinajstić information content (AvgIpc) is 3.43. The molecule has 0 bridgehead atoms. The van der Waals surface area contributed by atoms with Crippen molar-refractivity contribution in [2.75, 3.05) is 23.7 Å². The van der Waals surface area contributed by atoms with Gasteiger partial charge in [0.15, 0.2) is 11.6 Å². The Bertz CT molecular complexity index is 1040. The molecule has 2 heterocycles. The summed E-state index contributed by atoms with van der Waals surface area (Å²) in [7, 11) is 0. The van der Waals surface area contributed by atoms with E-state index >= 15 is 8.78 Å². The summed E-state index contributed by atoms with van der Waals surface area (Å²) in [6.45, 7) is 4.60. The molecule has 1 saturated carbocycles. The van der Waals surface area contributed by atoms with Crippen LogP contribution in [0.4, 0.5) is 20.2 Å². The first-order valence-electron chi connectivity index (χ1n) is 9.30. The fourth-order valence-corrected chi connectivity index (χ4v) is 4.13. The number of benzene rings is 1. The van der Waals surface area contributed by atoms with Crippen LogP contribution in [0.2, 0.25) is 0 Å². The zero-order chi connectivity index (χ0) is 20.3. The summed E-state index contributed by atoms with van der Waals surface area (Å²) in [5.74, 6) is -3.34. The molecule has 1 aliphatic carbocycles. The first-order chi connectivity index (χ1) is 13.2. The van der Waals surface area contributed by atoms with Crippen LogP contribution >= 0.6 is 0 Å². The van der Waals surface area contributed by atoms with Crippen LogP contribution in [0.5, 0.6) is 0 Å². The van der Waals surface area contributed by atoms with E-state index in [0.717, 1.165) is 19.0 Å². The molecular weight excluding hydrogens is 393 g/mol. The molecule has 0 unspecified atom stereocenters. The molecule has 152 valence electrons. The average molecular weight is 416 g/mol. The summed E-state index contributed by atoms with van der Waals surface area (Å²) in [5, 5.41) is 12.2. The van der Waals surface area contributed by atoms with E-state index < -0.39 is 39.7 Å². The van der Waals surface area contributed by atoms with Crippen molar-refractivity contribution in [2.24, 2.45) is 0 Å². The summed E-state index contributed by atoms with van der Waals surface area (Å²) < 4.78 is 32.2. The van der Waals surface area contributed by atoms with Crippen LogP contribution in [-0.4, -0.2) is 70.4 Å². The number of anilines is 2. The van der Waals surface area contributed by atoms with Gasteiger partial charge in [0, 0.05) is 37.4 Å². The van der Waals surface area contributed by atoms with Gasteiger partial charge in [-0.25, -0.2) is 13.6 Å². The monoisotopic (exact) mass is 416 g/mol. The number of hydrogen-bond acceptors (Lipinski definition) is 5. The minimum absolute atomic E-state index is 0. The molecule has 1 aliphatic heterocycles. The minimum atomic E-state index is -1.45. The second-order valence-corrected chi connectivity index (χ2v) is 7.80. The maximum atomic E-state index is 15.6. The van der Waals surface area contributed by atoms with E-state index in [1.165, 1.54) is 4.57 Å². The Morgan fingerprint density at radius 1 is 1.21 bits per heavy atom. The van der Waals surface area contributed by atoms with Crippen LogP contribution < -0.4 is 21.4 Å². The first kappa shape index (κ1) is 22.0. The van der Waals surface area contributed by atoms with Crippen molar-refractivity contribution >= 4 is 57.8 Å². The van der Waals surface area contributed by atoms with Gasteiger partial charge in [0.1, 0.15) is 11.3 Å². The van der Waals surface area contributed by atoms with Crippen LogP contribution in [0.3, 0.4) is 0 Å². The number of pyridine rings is 1. The molecule has 2 aliphatic rings. The molecule has 29 heavy (non-hydrogen) atoms. The quantitative estimate of drug-likeness (QED) is 0.517. The van der Waals surface area contributed by atoms with Crippen molar-refractivity contribution in [3.8, 4) is 0 Å². The van der Waals surface area contributed by atoms with E-state index in [4.69, 9.17) is 5.73 Å². The normalized spacial score (nSPS) is 21.9. The van der Waals surface area contributed by atoms with Gasteiger partial charge >= 0.3 is 35.5 Å². The molecule has 2 fully saturated rings. The van der Waals surface area contributed by atoms with Crippen molar-refractivity contribution in [3.63, 3.8) is 0 Å². The number of carboxylic acids is 1. The molecule has 1 aromatic heterocycles. The Hall–Kier alpha value is -1.68. The molecule has 2 aromatic rings. The van der Waals surface area contributed by atoms with Crippen LogP contribution in [0.25, 0.3) is 10.9 Å². The van der Waals surface area contributed by atoms with E-state index in [-0.39, 0.29) is 58.9 Å². The fraction of sp³-hybridized carbons (Fsp3) is 0.474. The van der Waals surface area contributed by atoms with Crippen molar-refractivity contribution in [1.82, 2.24) is 9.88 Å². The van der Waals surface area contributed by atoms with Crippen LogP contribution in [-0.2, 0) is 0 Å². The Morgan fingerprint density at radius 3 is 2.31 bits per heavy atom. The van der Waals surface area contributed by atoms with E-state index in [0.29, 0.717) is 13.1 Å². The topological polar surface area (TPSA) is 101 Å². The second kappa shape index (κ2) is 7.86. The standard InChI is InChI=1S/C19H22F2N4O3.Na.H/c1-8-5-24(6-9(2)23-8)17-13(20)15(22)12-16(14(17)21)25(10-3-4-10)7-11(18(12)26)19(27)28;;/h7-10,23H,3-6,22H2,1-2H3,(H,27,28);;/t8-,9+;;. The van der Waals surface area contributed by atoms with Crippen LogP contribution in [0.1, 0.15) is 43.1 Å². The third-order valence-electron chi connectivity index (χ3n) is 5.41. The number of nitrogens with zero attached hydrogens (tertiary/aromatic N) is 2. The number of aromatic carboxylic acids is 1. The molecule has 1 aromatic carbocycles. The van der Waals surface area contributed by atoms with E-state index in [9.17, 15) is 14.7 Å². The van der Waals surface area contributed by atoms with Gasteiger partial charge in [0.2, 0.25) is 5.43 Å². The summed E-state index contributed by atoms with van der Waals surface area (Å²) >= 11 is 0. The van der Waals surface area contributed by atoms with Gasteiger partial charge in [-0.1, -0.05) is 0 Å². The molecule has 1 saturated heterocycles. The molecular formula is C19H23F2N4NaO3. The van der Waals surface area contributed by atoms with Gasteiger partial charge in [0.05, 0.1) is 16.6 Å². The van der Waals surface area contributed by atoms with Crippen molar-refractivity contribution < 1.29 is 18.7 Å². The number of aromatic nitrogens is 1. The van der Waals surface area contributed by atoms with Gasteiger partial charge in [-0.2, -0.15) is 0 Å². The summed E-state index contributed by atoms with van der Waals surface area (Å²) in [4.78, 5) is 25.7. The van der Waals surface area contributed by atoms with E-state index in [1.807, 2.05) is 13.8 Å². The second-order valence-electron chi connectivity index (χ2n) is 7.80. The molecule has 0 radical (unpaired) electrons. The van der Waals surface area contributed by atoms with Gasteiger partial charge in [0.25, 0.3) is 0 Å². The number of halogens is 2. The first-order valence-corrected chi connectivity index (χ1v) is 9.30. The molecule has 0 spiro atoms. The van der Waals surface area contributed by atoms with Crippen molar-refractivity contribution in [1.29, 1.82) is 0 Å². The van der Waals surface area contributed by atoms with E-state index in [1.54, 1.807) is 4.90 Å². The van der Waals surface area contributed by atoms with Gasteiger partial charge in [-0.05, 0) is 26.7 Å². The van der Waals surface area contributed by atoms with Gasteiger partial charge in [-0.15, -0.1) is 0 Å². The fourth-order valence-electron chi connectivity index (χ4n) is 4.13. The Kier molecular flexibility index (Phi) is 5.97. The van der Waals surface area contributed by atoms with Crippen LogP contribution in [0, 0.1) is 11.6 Å². The SMILES string of the molecule is C[C@@H]1CN(c2c(F)c(N)c3c(=O)c(C(=O)O)cn(C4CC4)c3c2F)C[C@H](C)N1.[NaH]. The number of carboxylic acid groups (broad SMARTS) is 1. The van der Waals surface area contributed by atoms with Crippen LogP contribution in [0.15, 0.2) is 11.0 Å². The molecule has 2 atom stereocenters. The molecule has 7 nitrogen and oxygen atoms in total. The zero-order valence-electron chi connectivity index (χ0n) is 15.6. The van der Waals surface area contributed by atoms with Gasteiger partial charge < -0.3 is 25.6 Å². The number of hydrogen-bond donors (Lipinski definition) is 3. The van der Waals surface area contributed by atoms with Gasteiger partial charge in [-0.3, -0.25) is 4.79 Å². The van der Waals surface area contributed by atoms with Crippen molar-refractivity contribution in [2.45, 2.75) is 44.8 Å². The Balaban J connectivity index is 0.00000240. The number of rotatable bonds is 3. The predicted octanol–water partition coefficient (Wildman–Crippen LogP) is 1.43. The van der Waals surface area contributed by atoms with Crippen molar-refractivity contribution in [3.05, 3.63) is 33.6 Å². The number of piperazine rings is 1. The summed E-state index contributed by atoms with van der Waals surface area (Å²) in [5.41, 5.74) is 3.54. The number of fused-ring (bicyclic) bond motifs is 1. The zero-order valence-corrected chi connectivity index (χ0v) is 15.6. The molecule has 4 rings (SSSR count). The predicted molar refractivity (Wildman–Crippen MR) is 109 cm³/mol. The number of nitrogens with two attached hydrogens (primary N) is 1. The molecule has 4 N–H and O–H groups in total. The Morgan fingerprint density at radius 2 is 1.79 bits per heavy atom. The Labute approximate surface area is 188 Å². The summed E-state index contributed by atoms with van der Waals surface area (Å²) in [6.07, 6.45) is 2.60. The maximum absolute atomic E-state index is 15.6. The molecule has 10 heteroatoms. The number of nitrogens with one attached hydrogen (secondary N) is 1. The third kappa shape index (κ3) is 3.65. The number of carbonyl (C=O) groups is 1. The molecule has 0 amide bonds.